The Morgan fingerprint density at radius 2 is 1.93 bits per heavy atom. The number of rotatable bonds is 6. The number of ether oxygens (including phenoxy) is 2. The lowest BCUT2D eigenvalue weighted by molar-refractivity contribution is 0.394. The SMILES string of the molecule is COc1cc(OC)cc(-c2nnc(SCc3cc(=O)n4ccsc4n3)o2)c1. The summed E-state index contributed by atoms with van der Waals surface area (Å²) in [6.07, 6.45) is 1.71. The molecule has 0 spiro atoms. The van der Waals surface area contributed by atoms with E-state index in [0.717, 1.165) is 0 Å². The Hall–Kier alpha value is -2.85. The number of thioether (sulfide) groups is 1. The fourth-order valence-electron chi connectivity index (χ4n) is 2.41. The minimum absolute atomic E-state index is 0.105. The Kier molecular flexibility index (Phi) is 4.82. The van der Waals surface area contributed by atoms with E-state index in [9.17, 15) is 4.79 Å². The molecule has 0 fully saturated rings. The van der Waals surface area contributed by atoms with E-state index in [1.165, 1.54) is 33.6 Å². The fourth-order valence-corrected chi connectivity index (χ4v) is 3.81. The molecule has 27 heavy (non-hydrogen) atoms. The van der Waals surface area contributed by atoms with Gasteiger partial charge in [-0.25, -0.2) is 4.98 Å². The van der Waals surface area contributed by atoms with E-state index < -0.39 is 0 Å². The van der Waals surface area contributed by atoms with Crippen molar-refractivity contribution in [3.8, 4) is 23.0 Å². The van der Waals surface area contributed by atoms with Crippen molar-refractivity contribution in [1.82, 2.24) is 19.6 Å². The molecule has 0 aliphatic carbocycles. The number of benzene rings is 1. The van der Waals surface area contributed by atoms with E-state index in [1.807, 2.05) is 5.38 Å². The molecule has 0 bridgehead atoms. The minimum Gasteiger partial charge on any atom is -0.497 e. The maximum atomic E-state index is 12.0. The Bertz CT molecular complexity index is 1130. The summed E-state index contributed by atoms with van der Waals surface area (Å²) >= 11 is 2.73. The molecule has 4 rings (SSSR count). The molecule has 3 aromatic heterocycles. The van der Waals surface area contributed by atoms with E-state index in [1.54, 1.807) is 38.6 Å². The Balaban J connectivity index is 1.53. The molecular formula is C17H14N4O4S2. The summed E-state index contributed by atoms with van der Waals surface area (Å²) in [5.74, 6) is 2.07. The first-order chi connectivity index (χ1) is 13.2. The summed E-state index contributed by atoms with van der Waals surface area (Å²) in [6.45, 7) is 0. The topological polar surface area (TPSA) is 91.8 Å². The fraction of sp³-hybridized carbons (Fsp3) is 0.176. The van der Waals surface area contributed by atoms with Gasteiger partial charge in [-0.1, -0.05) is 11.8 Å². The molecule has 0 saturated carbocycles. The lowest BCUT2D eigenvalue weighted by Crippen LogP contribution is -2.12. The quantitative estimate of drug-likeness (QED) is 0.454. The molecule has 1 aromatic carbocycles. The van der Waals surface area contributed by atoms with Crippen LogP contribution in [0.2, 0.25) is 0 Å². The second-order valence-electron chi connectivity index (χ2n) is 5.40. The highest BCUT2D eigenvalue weighted by Gasteiger charge is 2.13. The number of hydrogen-bond acceptors (Lipinski definition) is 9. The first-order valence-electron chi connectivity index (χ1n) is 7.82. The zero-order valence-corrected chi connectivity index (χ0v) is 16.0. The van der Waals surface area contributed by atoms with E-state index >= 15 is 0 Å². The van der Waals surface area contributed by atoms with Crippen LogP contribution in [0, 0.1) is 0 Å². The van der Waals surface area contributed by atoms with Gasteiger partial charge < -0.3 is 13.9 Å². The second kappa shape index (κ2) is 7.41. The van der Waals surface area contributed by atoms with Gasteiger partial charge in [0, 0.05) is 35.0 Å². The van der Waals surface area contributed by atoms with Crippen molar-refractivity contribution < 1.29 is 13.9 Å². The highest BCUT2D eigenvalue weighted by atomic mass is 32.2. The number of thiazole rings is 1. The van der Waals surface area contributed by atoms with E-state index in [-0.39, 0.29) is 5.56 Å². The van der Waals surface area contributed by atoms with Crippen LogP contribution in [0.15, 0.2) is 50.3 Å². The maximum absolute atomic E-state index is 12.0. The summed E-state index contributed by atoms with van der Waals surface area (Å²) in [6, 6.07) is 6.85. The van der Waals surface area contributed by atoms with Crippen LogP contribution in [0.1, 0.15) is 5.69 Å². The van der Waals surface area contributed by atoms with Crippen molar-refractivity contribution in [3.63, 3.8) is 0 Å². The molecule has 0 N–H and O–H groups in total. The van der Waals surface area contributed by atoms with Gasteiger partial charge in [0.15, 0.2) is 4.96 Å². The molecule has 0 amide bonds. The average molecular weight is 402 g/mol. The lowest BCUT2D eigenvalue weighted by atomic mass is 10.2. The molecule has 0 unspecified atom stereocenters. The van der Waals surface area contributed by atoms with Gasteiger partial charge in [0.1, 0.15) is 11.5 Å². The predicted octanol–water partition coefficient (Wildman–Crippen LogP) is 3.12. The molecule has 3 heterocycles. The van der Waals surface area contributed by atoms with Crippen molar-refractivity contribution in [3.05, 3.63) is 51.9 Å². The van der Waals surface area contributed by atoms with Gasteiger partial charge in [0.2, 0.25) is 5.89 Å². The molecule has 4 aromatic rings. The molecule has 138 valence electrons. The normalized spacial score (nSPS) is 11.0. The van der Waals surface area contributed by atoms with Crippen LogP contribution in [-0.4, -0.2) is 33.8 Å². The zero-order chi connectivity index (χ0) is 18.8. The van der Waals surface area contributed by atoms with Crippen molar-refractivity contribution in [2.24, 2.45) is 0 Å². The van der Waals surface area contributed by atoms with Crippen molar-refractivity contribution in [1.29, 1.82) is 0 Å². The second-order valence-corrected chi connectivity index (χ2v) is 7.20. The van der Waals surface area contributed by atoms with Crippen LogP contribution in [0.25, 0.3) is 16.4 Å². The molecule has 0 aliphatic rings. The first-order valence-corrected chi connectivity index (χ1v) is 9.68. The zero-order valence-electron chi connectivity index (χ0n) is 14.4. The maximum Gasteiger partial charge on any atom is 0.277 e. The number of methoxy groups -OCH3 is 2. The van der Waals surface area contributed by atoms with Gasteiger partial charge in [0.25, 0.3) is 10.8 Å². The van der Waals surface area contributed by atoms with Crippen LogP contribution in [0.3, 0.4) is 0 Å². The van der Waals surface area contributed by atoms with Crippen LogP contribution < -0.4 is 15.0 Å². The van der Waals surface area contributed by atoms with Crippen LogP contribution in [-0.2, 0) is 5.75 Å². The smallest absolute Gasteiger partial charge is 0.277 e. The van der Waals surface area contributed by atoms with Gasteiger partial charge in [0.05, 0.1) is 19.9 Å². The van der Waals surface area contributed by atoms with E-state index in [4.69, 9.17) is 13.9 Å². The monoisotopic (exact) mass is 402 g/mol. The third-order valence-electron chi connectivity index (χ3n) is 3.70. The molecule has 0 atom stereocenters. The van der Waals surface area contributed by atoms with Gasteiger partial charge in [-0.3, -0.25) is 9.20 Å². The summed E-state index contributed by atoms with van der Waals surface area (Å²) in [4.78, 5) is 17.1. The van der Waals surface area contributed by atoms with Crippen LogP contribution >= 0.6 is 23.1 Å². The van der Waals surface area contributed by atoms with Crippen molar-refractivity contribution in [2.45, 2.75) is 11.0 Å². The Morgan fingerprint density at radius 3 is 2.67 bits per heavy atom. The van der Waals surface area contributed by atoms with Gasteiger partial charge in [-0.05, 0) is 12.1 Å². The van der Waals surface area contributed by atoms with Gasteiger partial charge in [-0.15, -0.1) is 21.5 Å². The summed E-state index contributed by atoms with van der Waals surface area (Å²) in [5, 5.41) is 10.3. The highest BCUT2D eigenvalue weighted by molar-refractivity contribution is 7.98. The largest absolute Gasteiger partial charge is 0.497 e. The Morgan fingerprint density at radius 1 is 1.15 bits per heavy atom. The number of fused-ring (bicyclic) bond motifs is 1. The molecule has 10 heteroatoms. The van der Waals surface area contributed by atoms with Crippen LogP contribution in [0.4, 0.5) is 0 Å². The molecule has 0 radical (unpaired) electrons. The average Bonchev–Trinajstić information content (AvgIpc) is 3.35. The van der Waals surface area contributed by atoms with E-state index in [0.29, 0.717) is 44.6 Å². The summed E-state index contributed by atoms with van der Waals surface area (Å²) in [5.41, 5.74) is 1.25. The molecular weight excluding hydrogens is 388 g/mol. The molecule has 0 aliphatic heterocycles. The standard InChI is InChI=1S/C17H14N4O4S2/c1-23-12-5-10(6-13(8-12)24-2)15-19-20-17(25-15)27-9-11-7-14(22)21-3-4-26-16(21)18-11/h3-8H,9H2,1-2H3. The molecule has 8 nitrogen and oxygen atoms in total. The first kappa shape index (κ1) is 17.6. The van der Waals surface area contributed by atoms with Crippen LogP contribution in [0.5, 0.6) is 11.5 Å². The number of aromatic nitrogens is 4. The Labute approximate surface area is 161 Å². The van der Waals surface area contributed by atoms with Crippen molar-refractivity contribution in [2.75, 3.05) is 14.2 Å². The van der Waals surface area contributed by atoms with E-state index in [2.05, 4.69) is 15.2 Å². The molecule has 0 saturated heterocycles. The third-order valence-corrected chi connectivity index (χ3v) is 5.31. The van der Waals surface area contributed by atoms with Gasteiger partial charge in [-0.2, -0.15) is 0 Å². The number of nitrogens with zero attached hydrogens (tertiary/aromatic N) is 4. The predicted molar refractivity (Wildman–Crippen MR) is 102 cm³/mol. The number of hydrogen-bond donors (Lipinski definition) is 0. The highest BCUT2D eigenvalue weighted by Crippen LogP contribution is 2.31. The lowest BCUT2D eigenvalue weighted by Gasteiger charge is -2.05. The van der Waals surface area contributed by atoms with Gasteiger partial charge >= 0.3 is 0 Å². The third kappa shape index (κ3) is 3.67. The van der Waals surface area contributed by atoms with Crippen molar-refractivity contribution >= 4 is 28.1 Å². The summed E-state index contributed by atoms with van der Waals surface area (Å²) < 4.78 is 17.7. The summed E-state index contributed by atoms with van der Waals surface area (Å²) in [7, 11) is 3.15. The minimum atomic E-state index is -0.105.